The fourth-order valence-electron chi connectivity index (χ4n) is 3.54. The summed E-state index contributed by atoms with van der Waals surface area (Å²) in [6, 6.07) is 13.2. The normalized spacial score (nSPS) is 16.0. The Hall–Kier alpha value is -3.11. The highest BCUT2D eigenvalue weighted by molar-refractivity contribution is 7.89. The molecule has 33 heavy (non-hydrogen) atoms. The zero-order chi connectivity index (χ0) is 24.0. The third-order valence-electron chi connectivity index (χ3n) is 5.49. The van der Waals surface area contributed by atoms with Crippen LogP contribution in [0, 0.1) is 5.92 Å². The first-order chi connectivity index (χ1) is 15.8. The van der Waals surface area contributed by atoms with Gasteiger partial charge < -0.3 is 19.5 Å². The highest BCUT2D eigenvalue weighted by Gasteiger charge is 2.34. The van der Waals surface area contributed by atoms with E-state index in [9.17, 15) is 18.0 Å². The number of benzene rings is 2. The van der Waals surface area contributed by atoms with Crippen LogP contribution in [0.1, 0.15) is 19.8 Å². The zero-order valence-corrected chi connectivity index (χ0v) is 19.6. The lowest BCUT2D eigenvalue weighted by molar-refractivity contribution is -0.158. The quantitative estimate of drug-likeness (QED) is 0.583. The summed E-state index contributed by atoms with van der Waals surface area (Å²) in [5, 5.41) is 2.68. The summed E-state index contributed by atoms with van der Waals surface area (Å²) in [6.45, 7) is 1.89. The molecule has 1 N–H and O–H groups in total. The maximum atomic E-state index is 12.7. The van der Waals surface area contributed by atoms with Crippen molar-refractivity contribution in [3.63, 3.8) is 0 Å². The Balaban J connectivity index is 1.55. The van der Waals surface area contributed by atoms with Gasteiger partial charge in [-0.15, -0.1) is 0 Å². The van der Waals surface area contributed by atoms with Crippen LogP contribution in [0.25, 0.3) is 0 Å². The van der Waals surface area contributed by atoms with E-state index in [-0.39, 0.29) is 18.0 Å². The molecule has 0 spiro atoms. The van der Waals surface area contributed by atoms with E-state index in [0.717, 1.165) is 0 Å². The van der Waals surface area contributed by atoms with E-state index >= 15 is 0 Å². The van der Waals surface area contributed by atoms with E-state index in [0.29, 0.717) is 30.0 Å². The lowest BCUT2D eigenvalue weighted by atomic mass is 9.98. The highest BCUT2D eigenvalue weighted by atomic mass is 32.2. The fraction of sp³-hybridized carbons (Fsp3) is 0.391. The Kier molecular flexibility index (Phi) is 7.93. The molecule has 2 aromatic carbocycles. The Bertz CT molecular complexity index is 1080. The number of esters is 1. The number of hydrogen-bond acceptors (Lipinski definition) is 7. The summed E-state index contributed by atoms with van der Waals surface area (Å²) < 4.78 is 42.6. The minimum Gasteiger partial charge on any atom is -0.497 e. The molecule has 0 radical (unpaired) electrons. The number of hydrogen-bond donors (Lipinski definition) is 1. The van der Waals surface area contributed by atoms with Crippen molar-refractivity contribution < 1.29 is 32.2 Å². The largest absolute Gasteiger partial charge is 0.497 e. The molecule has 1 amide bonds. The second-order valence-corrected chi connectivity index (χ2v) is 9.56. The molecule has 0 bridgehead atoms. The summed E-state index contributed by atoms with van der Waals surface area (Å²) in [5.74, 6) is -0.539. The van der Waals surface area contributed by atoms with Crippen LogP contribution in [-0.4, -0.2) is 58.0 Å². The summed E-state index contributed by atoms with van der Waals surface area (Å²) in [7, 11) is -0.614. The predicted octanol–water partition coefficient (Wildman–Crippen LogP) is 2.67. The van der Waals surface area contributed by atoms with Gasteiger partial charge in [-0.1, -0.05) is 18.2 Å². The molecule has 1 saturated heterocycles. The molecule has 0 aliphatic carbocycles. The van der Waals surface area contributed by atoms with Gasteiger partial charge in [0.15, 0.2) is 6.10 Å². The van der Waals surface area contributed by atoms with Crippen molar-refractivity contribution in [2.75, 3.05) is 32.6 Å². The van der Waals surface area contributed by atoms with Crippen LogP contribution in [0.15, 0.2) is 53.4 Å². The number of carbonyl (C=O) groups excluding carboxylic acids is 2. The van der Waals surface area contributed by atoms with Crippen molar-refractivity contribution in [1.82, 2.24) is 4.31 Å². The number of nitrogens with one attached hydrogen (secondary N) is 1. The first-order valence-corrected chi connectivity index (χ1v) is 12.0. The van der Waals surface area contributed by atoms with Gasteiger partial charge in [0, 0.05) is 19.2 Å². The number of nitrogens with zero attached hydrogens (tertiary/aromatic N) is 1. The predicted molar refractivity (Wildman–Crippen MR) is 122 cm³/mol. The van der Waals surface area contributed by atoms with Gasteiger partial charge in [-0.3, -0.25) is 9.59 Å². The number of piperidine rings is 1. The molecule has 1 heterocycles. The Morgan fingerprint density at radius 2 is 1.70 bits per heavy atom. The molecule has 1 aliphatic heterocycles. The van der Waals surface area contributed by atoms with Gasteiger partial charge in [0.25, 0.3) is 5.91 Å². The standard InChI is InChI=1S/C23H28N2O7S/c1-16(22(26)24-20-15-18(30-2)9-10-21(20)31-3)32-23(27)17-11-13-25(14-12-17)33(28,29)19-7-5-4-6-8-19/h4-10,15-17H,11-14H2,1-3H3,(H,24,26). The van der Waals surface area contributed by atoms with Gasteiger partial charge in [0.1, 0.15) is 11.5 Å². The van der Waals surface area contributed by atoms with E-state index in [2.05, 4.69) is 5.32 Å². The minimum atomic E-state index is -3.60. The van der Waals surface area contributed by atoms with Gasteiger partial charge in [0.2, 0.25) is 10.0 Å². The van der Waals surface area contributed by atoms with Crippen molar-refractivity contribution in [2.45, 2.75) is 30.8 Å². The van der Waals surface area contributed by atoms with E-state index < -0.39 is 33.9 Å². The van der Waals surface area contributed by atoms with Crippen LogP contribution < -0.4 is 14.8 Å². The molecular formula is C23H28N2O7S. The number of ether oxygens (including phenoxy) is 3. The number of rotatable bonds is 8. The van der Waals surface area contributed by atoms with Crippen molar-refractivity contribution in [2.24, 2.45) is 5.92 Å². The first-order valence-electron chi connectivity index (χ1n) is 10.5. The van der Waals surface area contributed by atoms with E-state index in [1.165, 1.54) is 25.4 Å². The third-order valence-corrected chi connectivity index (χ3v) is 7.41. The van der Waals surface area contributed by atoms with Gasteiger partial charge in [-0.25, -0.2) is 8.42 Å². The van der Waals surface area contributed by atoms with Crippen molar-refractivity contribution in [3.05, 3.63) is 48.5 Å². The van der Waals surface area contributed by atoms with Crippen LogP contribution in [0.3, 0.4) is 0 Å². The molecule has 1 unspecified atom stereocenters. The molecule has 0 saturated carbocycles. The molecule has 1 fully saturated rings. The van der Waals surface area contributed by atoms with Crippen LogP contribution in [-0.2, 0) is 24.3 Å². The molecule has 1 aliphatic rings. The van der Waals surface area contributed by atoms with Gasteiger partial charge in [-0.05, 0) is 44.0 Å². The second kappa shape index (κ2) is 10.7. The van der Waals surface area contributed by atoms with Crippen LogP contribution >= 0.6 is 0 Å². The highest BCUT2D eigenvalue weighted by Crippen LogP contribution is 2.29. The molecule has 1 atom stereocenters. The maximum absolute atomic E-state index is 12.7. The fourth-order valence-corrected chi connectivity index (χ4v) is 5.03. The second-order valence-electron chi connectivity index (χ2n) is 7.63. The van der Waals surface area contributed by atoms with Crippen LogP contribution in [0.4, 0.5) is 5.69 Å². The lowest BCUT2D eigenvalue weighted by Gasteiger charge is -2.30. The van der Waals surface area contributed by atoms with Crippen LogP contribution in [0.5, 0.6) is 11.5 Å². The SMILES string of the molecule is COc1ccc(OC)c(NC(=O)C(C)OC(=O)C2CCN(S(=O)(=O)c3ccccc3)CC2)c1. The number of amides is 1. The topological polar surface area (TPSA) is 111 Å². The smallest absolute Gasteiger partial charge is 0.309 e. The molecule has 0 aromatic heterocycles. The van der Waals surface area contributed by atoms with E-state index in [1.807, 2.05) is 0 Å². The number of anilines is 1. The van der Waals surface area contributed by atoms with Crippen molar-refractivity contribution >= 4 is 27.6 Å². The third kappa shape index (κ3) is 5.82. The van der Waals surface area contributed by atoms with Crippen molar-refractivity contribution in [1.29, 1.82) is 0 Å². The maximum Gasteiger partial charge on any atom is 0.309 e. The molecule has 2 aromatic rings. The summed E-state index contributed by atoms with van der Waals surface area (Å²) >= 11 is 0. The molecular weight excluding hydrogens is 448 g/mol. The summed E-state index contributed by atoms with van der Waals surface area (Å²) in [6.07, 6.45) is -0.397. The average Bonchev–Trinajstić information content (AvgIpc) is 2.84. The lowest BCUT2D eigenvalue weighted by Crippen LogP contribution is -2.41. The van der Waals surface area contributed by atoms with Crippen molar-refractivity contribution in [3.8, 4) is 11.5 Å². The summed E-state index contributed by atoms with van der Waals surface area (Å²) in [4.78, 5) is 25.4. The van der Waals surface area contributed by atoms with Gasteiger partial charge in [0.05, 0.1) is 30.7 Å². The molecule has 178 valence electrons. The number of sulfonamides is 1. The zero-order valence-electron chi connectivity index (χ0n) is 18.8. The Labute approximate surface area is 193 Å². The number of methoxy groups -OCH3 is 2. The van der Waals surface area contributed by atoms with E-state index in [4.69, 9.17) is 14.2 Å². The molecule has 10 heteroatoms. The Morgan fingerprint density at radius 1 is 1.03 bits per heavy atom. The summed E-state index contributed by atoms with van der Waals surface area (Å²) in [5.41, 5.74) is 0.393. The number of carbonyl (C=O) groups is 2. The average molecular weight is 477 g/mol. The molecule has 3 rings (SSSR count). The molecule has 9 nitrogen and oxygen atoms in total. The monoisotopic (exact) mass is 476 g/mol. The van der Waals surface area contributed by atoms with E-state index in [1.54, 1.807) is 48.5 Å². The first kappa shape index (κ1) is 24.5. The minimum absolute atomic E-state index is 0.207. The van der Waals surface area contributed by atoms with Gasteiger partial charge >= 0.3 is 5.97 Å². The van der Waals surface area contributed by atoms with Gasteiger partial charge in [-0.2, -0.15) is 4.31 Å². The van der Waals surface area contributed by atoms with Crippen LogP contribution in [0.2, 0.25) is 0 Å². The Morgan fingerprint density at radius 3 is 2.30 bits per heavy atom.